The van der Waals surface area contributed by atoms with Gasteiger partial charge in [-0.3, -0.25) is 4.79 Å². The Bertz CT molecular complexity index is 701. The summed E-state index contributed by atoms with van der Waals surface area (Å²) in [6, 6.07) is 10.4. The minimum absolute atomic E-state index is 0.0663. The van der Waals surface area contributed by atoms with Crippen LogP contribution in [0.1, 0.15) is 46.1 Å². The highest BCUT2D eigenvalue weighted by Crippen LogP contribution is 2.50. The summed E-state index contributed by atoms with van der Waals surface area (Å²) in [5.41, 5.74) is 1.39. The zero-order valence-corrected chi connectivity index (χ0v) is 17.5. The molecule has 0 spiro atoms. The summed E-state index contributed by atoms with van der Waals surface area (Å²) in [6.07, 6.45) is 5.72. The molecule has 0 bridgehead atoms. The Morgan fingerprint density at radius 1 is 1.32 bits per heavy atom. The van der Waals surface area contributed by atoms with Crippen LogP contribution >= 0.6 is 0 Å². The minimum atomic E-state index is -0.920. The molecule has 153 valence electrons. The van der Waals surface area contributed by atoms with E-state index in [1.807, 2.05) is 19.4 Å². The van der Waals surface area contributed by atoms with Gasteiger partial charge in [-0.25, -0.2) is 0 Å². The highest BCUT2D eigenvalue weighted by Gasteiger charge is 2.52. The third-order valence-corrected chi connectivity index (χ3v) is 6.69. The summed E-state index contributed by atoms with van der Waals surface area (Å²) in [5.74, 6) is 0.746. The van der Waals surface area contributed by atoms with Gasteiger partial charge in [-0.1, -0.05) is 50.3 Å². The molecule has 4 heteroatoms. The second-order valence-corrected chi connectivity index (χ2v) is 8.76. The minimum Gasteiger partial charge on any atom is -0.458 e. The molecule has 3 rings (SSSR count). The van der Waals surface area contributed by atoms with Gasteiger partial charge in [0.25, 0.3) is 0 Å². The summed E-state index contributed by atoms with van der Waals surface area (Å²) < 4.78 is 5.44. The highest BCUT2D eigenvalue weighted by atomic mass is 16.5. The van der Waals surface area contributed by atoms with E-state index in [0.717, 1.165) is 31.5 Å². The van der Waals surface area contributed by atoms with Crippen molar-refractivity contribution in [2.75, 3.05) is 6.54 Å². The van der Waals surface area contributed by atoms with E-state index in [0.29, 0.717) is 11.8 Å². The molecule has 6 atom stereocenters. The number of hydrogen-bond acceptors (Lipinski definition) is 4. The lowest BCUT2D eigenvalue weighted by molar-refractivity contribution is -0.148. The Balaban J connectivity index is 1.69. The molecular weight excluding hydrogens is 350 g/mol. The Morgan fingerprint density at radius 3 is 2.71 bits per heavy atom. The van der Waals surface area contributed by atoms with Gasteiger partial charge in [-0.2, -0.15) is 0 Å². The Kier molecular flexibility index (Phi) is 6.61. The van der Waals surface area contributed by atoms with E-state index in [2.05, 4.69) is 49.5 Å². The molecule has 2 aliphatic carbocycles. The van der Waals surface area contributed by atoms with E-state index < -0.39 is 11.7 Å². The zero-order valence-electron chi connectivity index (χ0n) is 17.5. The molecule has 0 heterocycles. The first-order valence-corrected chi connectivity index (χ1v) is 10.5. The predicted molar refractivity (Wildman–Crippen MR) is 111 cm³/mol. The molecule has 1 saturated carbocycles. The van der Waals surface area contributed by atoms with Gasteiger partial charge >= 0.3 is 5.97 Å². The summed E-state index contributed by atoms with van der Waals surface area (Å²) in [4.78, 5) is 11.5. The third-order valence-electron chi connectivity index (χ3n) is 6.69. The van der Waals surface area contributed by atoms with Crippen molar-refractivity contribution in [3.05, 3.63) is 54.0 Å². The van der Waals surface area contributed by atoms with Crippen LogP contribution < -0.4 is 5.32 Å². The lowest BCUT2D eigenvalue weighted by Crippen LogP contribution is -2.56. The molecule has 1 aromatic carbocycles. The Hall–Kier alpha value is -1.65. The van der Waals surface area contributed by atoms with E-state index in [4.69, 9.17) is 4.74 Å². The van der Waals surface area contributed by atoms with Crippen LogP contribution in [0.4, 0.5) is 0 Å². The topological polar surface area (TPSA) is 58.6 Å². The standard InChI is InChI=1S/C24H34NO3/c1-16-12-22-21(17(2)14-25-15-20-8-6-5-7-9-20)11-10-18(3)24(22,27)13-23(16)28-19(4)26/h5-9,12-13,17-18,21-23,25,27H,10-11,14-15H2,1-4H3/t17?,18-,21+,22-,23-,24-/m1/s1. The molecule has 0 saturated heterocycles. The number of esters is 1. The molecule has 1 aromatic rings. The van der Waals surface area contributed by atoms with Crippen molar-refractivity contribution in [1.82, 2.24) is 5.32 Å². The fraction of sp³-hybridized carbons (Fsp3) is 0.583. The van der Waals surface area contributed by atoms with Crippen molar-refractivity contribution in [1.29, 1.82) is 0 Å². The average Bonchev–Trinajstić information content (AvgIpc) is 2.65. The predicted octanol–water partition coefficient (Wildman–Crippen LogP) is 3.90. The van der Waals surface area contributed by atoms with Crippen molar-refractivity contribution in [2.24, 2.45) is 23.7 Å². The van der Waals surface area contributed by atoms with E-state index >= 15 is 0 Å². The third kappa shape index (κ3) is 4.49. The first-order valence-electron chi connectivity index (χ1n) is 10.5. The van der Waals surface area contributed by atoms with E-state index in [-0.39, 0.29) is 17.8 Å². The van der Waals surface area contributed by atoms with Crippen LogP contribution in [0.25, 0.3) is 0 Å². The summed E-state index contributed by atoms with van der Waals surface area (Å²) >= 11 is 0. The van der Waals surface area contributed by atoms with Crippen molar-refractivity contribution in [3.8, 4) is 0 Å². The smallest absolute Gasteiger partial charge is 0.303 e. The second-order valence-electron chi connectivity index (χ2n) is 8.76. The number of benzene rings is 1. The van der Waals surface area contributed by atoms with Crippen molar-refractivity contribution in [2.45, 2.75) is 58.8 Å². The lowest BCUT2D eigenvalue weighted by Gasteiger charge is -2.52. The monoisotopic (exact) mass is 384 g/mol. The Labute approximate surface area is 169 Å². The first-order chi connectivity index (χ1) is 13.3. The maximum absolute atomic E-state index is 11.6. The Morgan fingerprint density at radius 2 is 2.04 bits per heavy atom. The van der Waals surface area contributed by atoms with Crippen molar-refractivity contribution >= 4 is 5.97 Å². The van der Waals surface area contributed by atoms with Crippen LogP contribution in [0.3, 0.4) is 0 Å². The molecule has 1 unspecified atom stereocenters. The number of rotatable bonds is 6. The number of carbonyl (C=O) groups is 1. The van der Waals surface area contributed by atoms with Gasteiger partial charge in [0.15, 0.2) is 0 Å². The first kappa shape index (κ1) is 21.1. The van der Waals surface area contributed by atoms with E-state index in [1.165, 1.54) is 12.5 Å². The highest BCUT2D eigenvalue weighted by molar-refractivity contribution is 5.66. The van der Waals surface area contributed by atoms with Crippen LogP contribution in [0.15, 0.2) is 42.0 Å². The van der Waals surface area contributed by atoms with Crippen LogP contribution in [-0.4, -0.2) is 29.3 Å². The maximum atomic E-state index is 11.6. The largest absolute Gasteiger partial charge is 0.458 e. The number of carbonyl (C=O) groups excluding carboxylic acids is 1. The van der Waals surface area contributed by atoms with Gasteiger partial charge < -0.3 is 15.2 Å². The van der Waals surface area contributed by atoms with Crippen LogP contribution in [0.5, 0.6) is 0 Å². The number of ether oxygens (including phenoxy) is 1. The van der Waals surface area contributed by atoms with Crippen LogP contribution in [-0.2, 0) is 16.1 Å². The molecule has 0 aliphatic heterocycles. The van der Waals surface area contributed by atoms with Crippen molar-refractivity contribution in [3.63, 3.8) is 0 Å². The molecule has 2 N–H and O–H groups in total. The van der Waals surface area contributed by atoms with Gasteiger partial charge in [-0.05, 0) is 55.2 Å². The molecular formula is C24H34NO3. The maximum Gasteiger partial charge on any atom is 0.303 e. The van der Waals surface area contributed by atoms with E-state index in [1.54, 1.807) is 0 Å². The fourth-order valence-corrected chi connectivity index (χ4v) is 4.94. The van der Waals surface area contributed by atoms with Crippen LogP contribution in [0.2, 0.25) is 0 Å². The number of fused-ring (bicyclic) bond motifs is 1. The molecule has 4 nitrogen and oxygen atoms in total. The second kappa shape index (κ2) is 8.79. The van der Waals surface area contributed by atoms with Gasteiger partial charge in [0.1, 0.15) is 6.10 Å². The number of hydrogen-bond donors (Lipinski definition) is 2. The fourth-order valence-electron chi connectivity index (χ4n) is 4.94. The van der Waals surface area contributed by atoms with Gasteiger partial charge in [-0.15, -0.1) is 0 Å². The molecule has 28 heavy (non-hydrogen) atoms. The molecule has 1 radical (unpaired) electrons. The van der Waals surface area contributed by atoms with Crippen LogP contribution in [0, 0.1) is 30.1 Å². The van der Waals surface area contributed by atoms with Gasteiger partial charge in [0.05, 0.1) is 5.60 Å². The number of nitrogens with one attached hydrogen (secondary N) is 1. The van der Waals surface area contributed by atoms with Gasteiger partial charge in [0, 0.05) is 25.8 Å². The SMILES string of the molecule is CC(=O)O[C@@H]1[CH][C@@]2(O)[C@H](C)CC[C@@H](C(C)CNCc3ccccc3)[C@H]2C=C1C. The lowest BCUT2D eigenvalue weighted by atomic mass is 9.57. The van der Waals surface area contributed by atoms with Crippen molar-refractivity contribution < 1.29 is 14.6 Å². The molecule has 1 fully saturated rings. The number of aliphatic hydroxyl groups is 1. The molecule has 0 aromatic heterocycles. The molecule has 2 aliphatic rings. The zero-order chi connectivity index (χ0) is 20.3. The normalized spacial score (nSPS) is 33.5. The average molecular weight is 385 g/mol. The van der Waals surface area contributed by atoms with Gasteiger partial charge in [0.2, 0.25) is 0 Å². The molecule has 0 amide bonds. The summed E-state index contributed by atoms with van der Waals surface area (Å²) in [7, 11) is 0. The summed E-state index contributed by atoms with van der Waals surface area (Å²) in [5, 5.41) is 15.2. The quantitative estimate of drug-likeness (QED) is 0.577. The van der Waals surface area contributed by atoms with E-state index in [9.17, 15) is 9.90 Å². The summed E-state index contributed by atoms with van der Waals surface area (Å²) in [6.45, 7) is 9.58.